The number of para-hydroxylation sites is 1. The summed E-state index contributed by atoms with van der Waals surface area (Å²) in [4.78, 5) is 12.9. The number of nitrogens with zero attached hydrogens (tertiary/aromatic N) is 3. The predicted molar refractivity (Wildman–Crippen MR) is 89.3 cm³/mol. The molecule has 0 unspecified atom stereocenters. The van der Waals surface area contributed by atoms with E-state index in [1.165, 1.54) is 11.3 Å². The SMILES string of the molecule is Brc1cccc(Br)c1OCc1csc(-c2ncccn2)n1. The summed E-state index contributed by atoms with van der Waals surface area (Å²) >= 11 is 8.45. The molecule has 3 rings (SSSR count). The van der Waals surface area contributed by atoms with E-state index in [1.807, 2.05) is 23.6 Å². The average Bonchev–Trinajstić information content (AvgIpc) is 2.97. The molecule has 0 radical (unpaired) electrons. The van der Waals surface area contributed by atoms with Crippen molar-refractivity contribution in [3.8, 4) is 16.6 Å². The molecule has 2 heterocycles. The molecule has 0 atom stereocenters. The summed E-state index contributed by atoms with van der Waals surface area (Å²) in [6.45, 7) is 0.393. The molecule has 0 bridgehead atoms. The summed E-state index contributed by atoms with van der Waals surface area (Å²) in [5.74, 6) is 1.40. The lowest BCUT2D eigenvalue weighted by Crippen LogP contribution is -1.97. The van der Waals surface area contributed by atoms with Crippen LogP contribution in [-0.2, 0) is 6.61 Å². The molecular formula is C14H9Br2N3OS. The molecule has 0 fully saturated rings. The summed E-state index contributed by atoms with van der Waals surface area (Å²) in [6.07, 6.45) is 3.41. The van der Waals surface area contributed by atoms with E-state index >= 15 is 0 Å². The van der Waals surface area contributed by atoms with E-state index in [0.717, 1.165) is 25.4 Å². The molecule has 0 saturated carbocycles. The third kappa shape index (κ3) is 3.48. The highest BCUT2D eigenvalue weighted by atomic mass is 79.9. The van der Waals surface area contributed by atoms with E-state index in [1.54, 1.807) is 18.5 Å². The minimum absolute atomic E-state index is 0.393. The molecule has 0 amide bonds. The Hall–Kier alpha value is -1.31. The largest absolute Gasteiger partial charge is 0.485 e. The smallest absolute Gasteiger partial charge is 0.188 e. The van der Waals surface area contributed by atoms with Gasteiger partial charge in [0.25, 0.3) is 0 Å². The highest BCUT2D eigenvalue weighted by molar-refractivity contribution is 9.11. The van der Waals surface area contributed by atoms with Crippen LogP contribution >= 0.6 is 43.2 Å². The van der Waals surface area contributed by atoms with Crippen LogP contribution in [0, 0.1) is 0 Å². The third-order valence-corrected chi connectivity index (χ3v) is 4.73. The molecule has 2 aromatic heterocycles. The minimum atomic E-state index is 0.393. The number of aromatic nitrogens is 3. The van der Waals surface area contributed by atoms with Crippen molar-refractivity contribution in [1.82, 2.24) is 15.0 Å². The Bertz CT molecular complexity index is 729. The second-order valence-corrected chi connectivity index (χ2v) is 6.62. The molecule has 0 N–H and O–H groups in total. The van der Waals surface area contributed by atoms with Crippen LogP contribution in [0.15, 0.2) is 51.0 Å². The highest BCUT2D eigenvalue weighted by Crippen LogP contribution is 2.33. The first kappa shape index (κ1) is 14.6. The van der Waals surface area contributed by atoms with Crippen molar-refractivity contribution < 1.29 is 4.74 Å². The number of rotatable bonds is 4. The van der Waals surface area contributed by atoms with Crippen LogP contribution in [0.2, 0.25) is 0 Å². The van der Waals surface area contributed by atoms with Gasteiger partial charge in [-0.25, -0.2) is 15.0 Å². The number of thiazole rings is 1. The fraction of sp³-hybridized carbons (Fsp3) is 0.0714. The summed E-state index contributed by atoms with van der Waals surface area (Å²) in [6, 6.07) is 7.59. The molecule has 0 aliphatic heterocycles. The Morgan fingerprint density at radius 1 is 1.05 bits per heavy atom. The second-order valence-electron chi connectivity index (χ2n) is 4.06. The maximum atomic E-state index is 5.81. The molecule has 0 spiro atoms. The van der Waals surface area contributed by atoms with Gasteiger partial charge in [-0.05, 0) is 50.1 Å². The van der Waals surface area contributed by atoms with Gasteiger partial charge in [-0.15, -0.1) is 11.3 Å². The molecule has 3 aromatic rings. The van der Waals surface area contributed by atoms with Crippen molar-refractivity contribution in [3.05, 3.63) is 56.7 Å². The Morgan fingerprint density at radius 2 is 1.76 bits per heavy atom. The molecule has 0 aliphatic carbocycles. The number of hydrogen-bond acceptors (Lipinski definition) is 5. The van der Waals surface area contributed by atoms with Gasteiger partial charge in [0, 0.05) is 17.8 Å². The maximum Gasteiger partial charge on any atom is 0.188 e. The first-order chi connectivity index (χ1) is 10.2. The van der Waals surface area contributed by atoms with Gasteiger partial charge in [0.2, 0.25) is 0 Å². The maximum absolute atomic E-state index is 5.81. The van der Waals surface area contributed by atoms with Crippen LogP contribution in [0.5, 0.6) is 5.75 Å². The van der Waals surface area contributed by atoms with Gasteiger partial charge in [0.05, 0.1) is 14.6 Å². The van der Waals surface area contributed by atoms with E-state index in [4.69, 9.17) is 4.74 Å². The first-order valence-electron chi connectivity index (χ1n) is 6.02. The third-order valence-electron chi connectivity index (χ3n) is 2.59. The topological polar surface area (TPSA) is 47.9 Å². The van der Waals surface area contributed by atoms with Gasteiger partial charge in [-0.2, -0.15) is 0 Å². The quantitative estimate of drug-likeness (QED) is 0.606. The first-order valence-corrected chi connectivity index (χ1v) is 8.49. The molecule has 4 nitrogen and oxygen atoms in total. The van der Waals surface area contributed by atoms with E-state index in [-0.39, 0.29) is 0 Å². The summed E-state index contributed by atoms with van der Waals surface area (Å²) in [7, 11) is 0. The van der Waals surface area contributed by atoms with E-state index in [2.05, 4.69) is 46.8 Å². The lowest BCUT2D eigenvalue weighted by atomic mass is 10.3. The highest BCUT2D eigenvalue weighted by Gasteiger charge is 2.10. The molecule has 0 saturated heterocycles. The Balaban J connectivity index is 1.74. The fourth-order valence-corrected chi connectivity index (χ4v) is 3.63. The van der Waals surface area contributed by atoms with Crippen LogP contribution in [0.25, 0.3) is 10.8 Å². The number of halogens is 2. The number of ether oxygens (including phenoxy) is 1. The van der Waals surface area contributed by atoms with Crippen LogP contribution in [0.1, 0.15) is 5.69 Å². The van der Waals surface area contributed by atoms with Gasteiger partial charge in [0.15, 0.2) is 10.8 Å². The second kappa shape index (κ2) is 6.64. The van der Waals surface area contributed by atoms with Crippen molar-refractivity contribution >= 4 is 43.2 Å². The fourth-order valence-electron chi connectivity index (χ4n) is 1.65. The van der Waals surface area contributed by atoms with E-state index in [0.29, 0.717) is 12.4 Å². The molecule has 106 valence electrons. The van der Waals surface area contributed by atoms with Crippen molar-refractivity contribution in [1.29, 1.82) is 0 Å². The van der Waals surface area contributed by atoms with Crippen molar-refractivity contribution in [2.75, 3.05) is 0 Å². The van der Waals surface area contributed by atoms with Gasteiger partial charge >= 0.3 is 0 Å². The van der Waals surface area contributed by atoms with Crippen molar-refractivity contribution in [2.45, 2.75) is 6.61 Å². The summed E-state index contributed by atoms with van der Waals surface area (Å²) < 4.78 is 7.62. The Labute approximate surface area is 142 Å². The molecule has 7 heteroatoms. The standard InChI is InChI=1S/C14H9Br2N3OS/c15-10-3-1-4-11(16)12(10)20-7-9-8-21-14(19-9)13-17-5-2-6-18-13/h1-6,8H,7H2. The molecule has 21 heavy (non-hydrogen) atoms. The lowest BCUT2D eigenvalue weighted by Gasteiger charge is -2.08. The molecular weight excluding hydrogens is 418 g/mol. The summed E-state index contributed by atoms with van der Waals surface area (Å²) in [5, 5.41) is 2.75. The van der Waals surface area contributed by atoms with Crippen LogP contribution in [-0.4, -0.2) is 15.0 Å². The Kier molecular flexibility index (Phi) is 4.62. The zero-order valence-corrected chi connectivity index (χ0v) is 14.7. The Morgan fingerprint density at radius 3 is 2.48 bits per heavy atom. The van der Waals surface area contributed by atoms with Crippen molar-refractivity contribution in [2.24, 2.45) is 0 Å². The van der Waals surface area contributed by atoms with Crippen LogP contribution in [0.3, 0.4) is 0 Å². The van der Waals surface area contributed by atoms with Gasteiger partial charge in [-0.3, -0.25) is 0 Å². The summed E-state index contributed by atoms with van der Waals surface area (Å²) in [5.41, 5.74) is 0.852. The molecule has 0 aliphatic rings. The van der Waals surface area contributed by atoms with Crippen LogP contribution in [0.4, 0.5) is 0 Å². The molecule has 1 aromatic carbocycles. The van der Waals surface area contributed by atoms with Gasteiger partial charge in [-0.1, -0.05) is 6.07 Å². The van der Waals surface area contributed by atoms with Gasteiger partial charge in [0.1, 0.15) is 12.4 Å². The number of benzene rings is 1. The lowest BCUT2D eigenvalue weighted by molar-refractivity contribution is 0.298. The minimum Gasteiger partial charge on any atom is -0.485 e. The average molecular weight is 427 g/mol. The van der Waals surface area contributed by atoms with Crippen LogP contribution < -0.4 is 4.74 Å². The monoisotopic (exact) mass is 425 g/mol. The number of hydrogen-bond donors (Lipinski definition) is 0. The normalized spacial score (nSPS) is 10.6. The zero-order valence-electron chi connectivity index (χ0n) is 10.7. The predicted octanol–water partition coefficient (Wildman–Crippen LogP) is 4.70. The van der Waals surface area contributed by atoms with Crippen molar-refractivity contribution in [3.63, 3.8) is 0 Å². The zero-order chi connectivity index (χ0) is 14.7. The van der Waals surface area contributed by atoms with E-state index < -0.39 is 0 Å². The van der Waals surface area contributed by atoms with E-state index in [9.17, 15) is 0 Å². The van der Waals surface area contributed by atoms with Gasteiger partial charge < -0.3 is 4.74 Å².